The average molecular weight is 419 g/mol. The number of hydrogen-bond donors (Lipinski definition) is 3. The minimum atomic E-state index is -1.26. The maximum atomic E-state index is 9.55. The fraction of sp³-hybridized carbons (Fsp3) is 0.150. The van der Waals surface area contributed by atoms with Crippen LogP contribution in [0.1, 0.15) is 11.1 Å². The molecule has 0 saturated heterocycles. The third-order valence-corrected chi connectivity index (χ3v) is 3.52. The summed E-state index contributed by atoms with van der Waals surface area (Å²) in [4.78, 5) is 19.1. The van der Waals surface area contributed by atoms with Crippen LogP contribution in [-0.2, 0) is 16.1 Å². The Bertz CT molecular complexity index is 921. The van der Waals surface area contributed by atoms with Crippen molar-refractivity contribution in [3.63, 3.8) is 0 Å². The van der Waals surface area contributed by atoms with Crippen LogP contribution in [0.15, 0.2) is 48.6 Å². The second-order valence-corrected chi connectivity index (χ2v) is 5.80. The van der Waals surface area contributed by atoms with E-state index in [0.29, 0.717) is 40.8 Å². The number of halogens is 1. The molecule has 2 aromatic rings. The van der Waals surface area contributed by atoms with E-state index in [2.05, 4.69) is 11.4 Å². The van der Waals surface area contributed by atoms with Gasteiger partial charge in [0.25, 0.3) is 0 Å². The van der Waals surface area contributed by atoms with Crippen LogP contribution >= 0.6 is 11.6 Å². The molecule has 0 aliphatic heterocycles. The molecule has 0 spiro atoms. The van der Waals surface area contributed by atoms with Crippen molar-refractivity contribution < 1.29 is 29.3 Å². The number of nitrogens with one attached hydrogen (secondary N) is 1. The van der Waals surface area contributed by atoms with E-state index in [4.69, 9.17) is 36.5 Å². The molecule has 152 valence electrons. The Kier molecular flexibility index (Phi) is 9.74. The number of rotatable bonds is 7. The Morgan fingerprint density at radius 1 is 1.14 bits per heavy atom. The number of carbonyl (C=O) groups is 2. The molecule has 0 atom stereocenters. The van der Waals surface area contributed by atoms with Crippen molar-refractivity contribution in [2.45, 2.75) is 6.54 Å². The molecule has 0 aliphatic carbocycles. The second kappa shape index (κ2) is 12.0. The van der Waals surface area contributed by atoms with Gasteiger partial charge in [-0.25, -0.2) is 9.59 Å². The topological polar surface area (TPSA) is 129 Å². The molecule has 0 aliphatic rings. The lowest BCUT2D eigenvalue weighted by atomic mass is 10.2. The molecule has 2 rings (SSSR count). The Hall–Kier alpha value is -3.54. The third-order valence-electron chi connectivity index (χ3n) is 3.29. The van der Waals surface area contributed by atoms with Crippen molar-refractivity contribution in [3.8, 4) is 23.3 Å². The van der Waals surface area contributed by atoms with Gasteiger partial charge < -0.3 is 25.0 Å². The van der Waals surface area contributed by atoms with Crippen molar-refractivity contribution in [2.24, 2.45) is 0 Å². The normalized spacial score (nSPS) is 9.86. The molecule has 0 heterocycles. The largest absolute Gasteiger partial charge is 0.496 e. The number of methoxy groups -OCH3 is 1. The molecule has 2 aromatic carbocycles. The average Bonchev–Trinajstić information content (AvgIpc) is 2.68. The van der Waals surface area contributed by atoms with Crippen LogP contribution in [0.3, 0.4) is 0 Å². The van der Waals surface area contributed by atoms with Gasteiger partial charge in [0.1, 0.15) is 23.3 Å². The molecule has 0 radical (unpaired) electrons. The summed E-state index contributed by atoms with van der Waals surface area (Å²) in [5.41, 5.74) is 1.46. The Morgan fingerprint density at radius 2 is 1.79 bits per heavy atom. The molecule has 0 amide bonds. The van der Waals surface area contributed by atoms with E-state index in [1.165, 1.54) is 0 Å². The van der Waals surface area contributed by atoms with Crippen LogP contribution in [0.4, 0.5) is 0 Å². The first-order valence-corrected chi connectivity index (χ1v) is 8.51. The van der Waals surface area contributed by atoms with Crippen molar-refractivity contribution in [3.05, 3.63) is 64.7 Å². The molecular weight excluding hydrogens is 400 g/mol. The van der Waals surface area contributed by atoms with Crippen molar-refractivity contribution in [1.29, 1.82) is 5.26 Å². The molecule has 3 N–H and O–H groups in total. The quantitative estimate of drug-likeness (QED) is 0.583. The third kappa shape index (κ3) is 8.34. The SMILES string of the molecule is CNCc1ccc(Oc2cc(Cl)ccc2C#N)cc1OC.O=C(O)/C=C/C(=O)O. The molecule has 0 fully saturated rings. The summed E-state index contributed by atoms with van der Waals surface area (Å²) in [6.07, 6.45) is 1.12. The van der Waals surface area contributed by atoms with E-state index in [1.54, 1.807) is 31.4 Å². The molecule has 9 heteroatoms. The van der Waals surface area contributed by atoms with Crippen molar-refractivity contribution in [1.82, 2.24) is 5.32 Å². The molecule has 0 bridgehead atoms. The fourth-order valence-electron chi connectivity index (χ4n) is 2.07. The summed E-state index contributed by atoms with van der Waals surface area (Å²) in [6.45, 7) is 0.698. The molecule has 8 nitrogen and oxygen atoms in total. The summed E-state index contributed by atoms with van der Waals surface area (Å²) >= 11 is 5.94. The van der Waals surface area contributed by atoms with Gasteiger partial charge in [-0.3, -0.25) is 0 Å². The first-order chi connectivity index (χ1) is 13.8. The van der Waals surface area contributed by atoms with Crippen molar-refractivity contribution in [2.75, 3.05) is 14.2 Å². The smallest absolute Gasteiger partial charge is 0.328 e. The molecular formula is C20H19ClN2O6. The lowest BCUT2D eigenvalue weighted by Gasteiger charge is -2.12. The zero-order valence-corrected chi connectivity index (χ0v) is 16.4. The van der Waals surface area contributed by atoms with Gasteiger partial charge in [-0.05, 0) is 25.2 Å². The zero-order chi connectivity index (χ0) is 21.8. The number of carboxylic acid groups (broad SMARTS) is 2. The summed E-state index contributed by atoms with van der Waals surface area (Å²) < 4.78 is 11.1. The summed E-state index contributed by atoms with van der Waals surface area (Å²) in [6, 6.07) is 12.5. The maximum Gasteiger partial charge on any atom is 0.328 e. The Balaban J connectivity index is 0.000000447. The number of nitrogens with zero attached hydrogens (tertiary/aromatic N) is 1. The number of ether oxygens (including phenoxy) is 2. The van der Waals surface area contributed by atoms with Crippen LogP contribution < -0.4 is 14.8 Å². The Labute approximate surface area is 172 Å². The van der Waals surface area contributed by atoms with E-state index in [1.807, 2.05) is 19.2 Å². The van der Waals surface area contributed by atoms with Gasteiger partial charge in [-0.1, -0.05) is 17.7 Å². The standard InChI is InChI=1S/C16H15ClN2O2.C4H4O4/c1-19-10-12-4-6-14(8-15(12)20-2)21-16-7-13(17)5-3-11(16)9-18;5-3(6)1-2-4(7)8/h3-8,19H,10H2,1-2H3;1-2H,(H,5,6)(H,7,8)/b;2-1+. The molecule has 0 aromatic heterocycles. The van der Waals surface area contributed by atoms with Crippen LogP contribution in [-0.4, -0.2) is 36.3 Å². The van der Waals surface area contributed by atoms with Gasteiger partial charge in [0.15, 0.2) is 0 Å². The number of hydrogen-bond acceptors (Lipinski definition) is 6. The zero-order valence-electron chi connectivity index (χ0n) is 15.7. The molecule has 0 saturated carbocycles. The summed E-state index contributed by atoms with van der Waals surface area (Å²) in [7, 11) is 3.48. The maximum absolute atomic E-state index is 9.55. The highest BCUT2D eigenvalue weighted by molar-refractivity contribution is 6.30. The van der Waals surface area contributed by atoms with Gasteiger partial charge in [-0.15, -0.1) is 0 Å². The second-order valence-electron chi connectivity index (χ2n) is 5.37. The predicted octanol–water partition coefficient (Wildman–Crippen LogP) is 3.44. The van der Waals surface area contributed by atoms with Gasteiger partial charge in [0.2, 0.25) is 0 Å². The first kappa shape index (κ1) is 23.5. The minimum absolute atomic E-state index is 0.424. The number of aliphatic carboxylic acids is 2. The number of nitriles is 1. The monoisotopic (exact) mass is 418 g/mol. The first-order valence-electron chi connectivity index (χ1n) is 8.13. The van der Waals surface area contributed by atoms with Gasteiger partial charge in [0, 0.05) is 41.4 Å². The minimum Gasteiger partial charge on any atom is -0.496 e. The Morgan fingerprint density at radius 3 is 2.31 bits per heavy atom. The van der Waals surface area contributed by atoms with E-state index in [0.717, 1.165) is 11.3 Å². The lowest BCUT2D eigenvalue weighted by Crippen LogP contribution is -2.06. The summed E-state index contributed by atoms with van der Waals surface area (Å²) in [5.74, 6) is -0.777. The van der Waals surface area contributed by atoms with Crippen LogP contribution in [0.5, 0.6) is 17.2 Å². The van der Waals surface area contributed by atoms with E-state index < -0.39 is 11.9 Å². The van der Waals surface area contributed by atoms with Crippen LogP contribution in [0.25, 0.3) is 0 Å². The van der Waals surface area contributed by atoms with Gasteiger partial charge >= 0.3 is 11.9 Å². The highest BCUT2D eigenvalue weighted by Crippen LogP contribution is 2.31. The molecule has 0 unspecified atom stereocenters. The lowest BCUT2D eigenvalue weighted by molar-refractivity contribution is -0.134. The highest BCUT2D eigenvalue weighted by atomic mass is 35.5. The fourth-order valence-corrected chi connectivity index (χ4v) is 2.23. The van der Waals surface area contributed by atoms with Gasteiger partial charge in [0.05, 0.1) is 12.7 Å². The predicted molar refractivity (Wildman–Crippen MR) is 106 cm³/mol. The van der Waals surface area contributed by atoms with Crippen LogP contribution in [0, 0.1) is 11.3 Å². The van der Waals surface area contributed by atoms with Gasteiger partial charge in [-0.2, -0.15) is 5.26 Å². The molecule has 29 heavy (non-hydrogen) atoms. The van der Waals surface area contributed by atoms with E-state index in [9.17, 15) is 9.59 Å². The summed E-state index contributed by atoms with van der Waals surface area (Å²) in [5, 5.41) is 28.3. The van der Waals surface area contributed by atoms with Crippen LogP contribution in [0.2, 0.25) is 5.02 Å². The number of benzene rings is 2. The highest BCUT2D eigenvalue weighted by Gasteiger charge is 2.09. The van der Waals surface area contributed by atoms with Crippen molar-refractivity contribution >= 4 is 23.5 Å². The van der Waals surface area contributed by atoms with E-state index in [-0.39, 0.29) is 0 Å². The number of carboxylic acids is 2. The van der Waals surface area contributed by atoms with E-state index >= 15 is 0 Å².